The van der Waals surface area contributed by atoms with E-state index in [4.69, 9.17) is 9.47 Å². The summed E-state index contributed by atoms with van der Waals surface area (Å²) < 4.78 is 9.87. The Morgan fingerprint density at radius 1 is 1.75 bits per heavy atom. The average molecular weight is 114 g/mol. The maximum absolute atomic E-state index is 5.13. The number of ether oxygens (including phenoxy) is 2. The van der Waals surface area contributed by atoms with Gasteiger partial charge >= 0.3 is 0 Å². The van der Waals surface area contributed by atoms with Gasteiger partial charge in [-0.05, 0) is 6.42 Å². The Hall–Kier alpha value is -0.660. The third-order valence-corrected chi connectivity index (χ3v) is 1.10. The van der Waals surface area contributed by atoms with Crippen molar-refractivity contribution in [1.29, 1.82) is 0 Å². The quantitative estimate of drug-likeness (QED) is 0.478. The molecule has 2 nitrogen and oxygen atoms in total. The van der Waals surface area contributed by atoms with E-state index < -0.39 is 0 Å². The molecule has 0 saturated carbocycles. The normalized spacial score (nSPS) is 23.4. The summed E-state index contributed by atoms with van der Waals surface area (Å²) in [5.41, 5.74) is 0. The molecular weight excluding hydrogens is 104 g/mol. The Kier molecular flexibility index (Phi) is 1.78. The molecule has 0 aliphatic carbocycles. The summed E-state index contributed by atoms with van der Waals surface area (Å²) in [5, 5.41) is 0. The highest BCUT2D eigenvalue weighted by Gasteiger charge is 2.05. The van der Waals surface area contributed by atoms with Crippen LogP contribution in [-0.4, -0.2) is 13.7 Å². The first kappa shape index (κ1) is 5.48. The Labute approximate surface area is 49.1 Å². The van der Waals surface area contributed by atoms with E-state index in [2.05, 4.69) is 0 Å². The van der Waals surface area contributed by atoms with Gasteiger partial charge in [-0.25, -0.2) is 0 Å². The molecule has 1 aliphatic heterocycles. The first-order valence-electron chi connectivity index (χ1n) is 2.78. The minimum absolute atomic E-state index is 0.856. The van der Waals surface area contributed by atoms with E-state index in [1.54, 1.807) is 13.4 Å². The lowest BCUT2D eigenvalue weighted by Gasteiger charge is -1.94. The molecule has 1 saturated heterocycles. The van der Waals surface area contributed by atoms with Crippen molar-refractivity contribution in [3.63, 3.8) is 0 Å². The highest BCUT2D eigenvalue weighted by Crippen LogP contribution is 2.14. The highest BCUT2D eigenvalue weighted by atomic mass is 16.5. The summed E-state index contributed by atoms with van der Waals surface area (Å²) in [6, 6.07) is 0. The van der Waals surface area contributed by atoms with Crippen molar-refractivity contribution >= 4 is 0 Å². The van der Waals surface area contributed by atoms with Crippen molar-refractivity contribution in [3.8, 4) is 0 Å². The summed E-state index contributed by atoms with van der Waals surface area (Å²) in [5.74, 6) is 0.979. The number of hydrogen-bond donors (Lipinski definition) is 0. The zero-order valence-electron chi connectivity index (χ0n) is 5.02. The summed E-state index contributed by atoms with van der Waals surface area (Å²) in [6.45, 7) is 0.856. The predicted octanol–water partition coefficient (Wildman–Crippen LogP) is 1.28. The lowest BCUT2D eigenvalue weighted by atomic mass is 10.3. The molecule has 0 unspecified atom stereocenters. The van der Waals surface area contributed by atoms with Gasteiger partial charge in [0.1, 0.15) is 12.0 Å². The van der Waals surface area contributed by atoms with Crippen LogP contribution in [0.3, 0.4) is 0 Å². The molecule has 0 amide bonds. The lowest BCUT2D eigenvalue weighted by Crippen LogP contribution is -1.78. The molecule has 0 spiro atoms. The summed E-state index contributed by atoms with van der Waals surface area (Å²) in [6.07, 6.45) is 3.83. The summed E-state index contributed by atoms with van der Waals surface area (Å²) in [7, 11) is 1.63. The maximum atomic E-state index is 5.13. The zero-order chi connectivity index (χ0) is 5.82. The molecule has 1 rings (SSSR count). The molecular formula is C6H10O2. The second-order valence-electron chi connectivity index (χ2n) is 1.77. The number of hydrogen-bond acceptors (Lipinski definition) is 2. The van der Waals surface area contributed by atoms with Crippen LogP contribution >= 0.6 is 0 Å². The molecule has 46 valence electrons. The van der Waals surface area contributed by atoms with Crippen molar-refractivity contribution in [2.75, 3.05) is 13.7 Å². The second-order valence-corrected chi connectivity index (χ2v) is 1.77. The van der Waals surface area contributed by atoms with Gasteiger partial charge in [0.25, 0.3) is 0 Å². The van der Waals surface area contributed by atoms with Gasteiger partial charge in [-0.1, -0.05) is 0 Å². The highest BCUT2D eigenvalue weighted by molar-refractivity contribution is 4.90. The van der Waals surface area contributed by atoms with Crippen LogP contribution in [0.2, 0.25) is 0 Å². The van der Waals surface area contributed by atoms with Crippen molar-refractivity contribution in [2.45, 2.75) is 12.8 Å². The fourth-order valence-electron chi connectivity index (χ4n) is 0.746. The fraction of sp³-hybridized carbons (Fsp3) is 0.667. The van der Waals surface area contributed by atoms with E-state index in [0.29, 0.717) is 0 Å². The molecule has 1 fully saturated rings. The van der Waals surface area contributed by atoms with E-state index in [0.717, 1.165) is 25.2 Å². The van der Waals surface area contributed by atoms with Crippen LogP contribution < -0.4 is 0 Å². The van der Waals surface area contributed by atoms with Crippen molar-refractivity contribution < 1.29 is 9.47 Å². The van der Waals surface area contributed by atoms with E-state index in [-0.39, 0.29) is 0 Å². The Balaban J connectivity index is 2.33. The molecule has 0 aromatic rings. The van der Waals surface area contributed by atoms with E-state index in [9.17, 15) is 0 Å². The topological polar surface area (TPSA) is 18.5 Å². The van der Waals surface area contributed by atoms with Crippen molar-refractivity contribution in [2.24, 2.45) is 0 Å². The number of rotatable bonds is 1. The van der Waals surface area contributed by atoms with Crippen LogP contribution in [0.25, 0.3) is 0 Å². The SMILES string of the molecule is COC=C1CCCO1. The van der Waals surface area contributed by atoms with Crippen LogP contribution in [-0.2, 0) is 9.47 Å². The Morgan fingerprint density at radius 3 is 3.12 bits per heavy atom. The van der Waals surface area contributed by atoms with Gasteiger partial charge in [-0.15, -0.1) is 0 Å². The van der Waals surface area contributed by atoms with Gasteiger partial charge in [-0.2, -0.15) is 0 Å². The largest absolute Gasteiger partial charge is 0.501 e. The van der Waals surface area contributed by atoms with Crippen LogP contribution in [0.1, 0.15) is 12.8 Å². The maximum Gasteiger partial charge on any atom is 0.130 e. The van der Waals surface area contributed by atoms with Crippen LogP contribution in [0.5, 0.6) is 0 Å². The Morgan fingerprint density at radius 2 is 2.62 bits per heavy atom. The zero-order valence-corrected chi connectivity index (χ0v) is 5.02. The average Bonchev–Trinajstić information content (AvgIpc) is 2.19. The molecule has 0 N–H and O–H groups in total. The van der Waals surface area contributed by atoms with E-state index >= 15 is 0 Å². The van der Waals surface area contributed by atoms with Crippen LogP contribution in [0.15, 0.2) is 12.0 Å². The van der Waals surface area contributed by atoms with E-state index in [1.165, 1.54) is 0 Å². The number of methoxy groups -OCH3 is 1. The second kappa shape index (κ2) is 2.60. The van der Waals surface area contributed by atoms with Crippen molar-refractivity contribution in [3.05, 3.63) is 12.0 Å². The van der Waals surface area contributed by atoms with Gasteiger partial charge in [-0.3, -0.25) is 0 Å². The third kappa shape index (κ3) is 1.15. The lowest BCUT2D eigenvalue weighted by molar-refractivity contribution is 0.234. The first-order chi connectivity index (χ1) is 3.93. The van der Waals surface area contributed by atoms with Gasteiger partial charge in [0.15, 0.2) is 0 Å². The van der Waals surface area contributed by atoms with Crippen LogP contribution in [0.4, 0.5) is 0 Å². The first-order valence-corrected chi connectivity index (χ1v) is 2.78. The molecule has 0 radical (unpaired) electrons. The molecule has 1 aliphatic rings. The Bertz CT molecular complexity index is 88.7. The standard InChI is InChI=1S/C6H10O2/c1-7-5-6-3-2-4-8-6/h5H,2-4H2,1H3. The van der Waals surface area contributed by atoms with Crippen LogP contribution in [0, 0.1) is 0 Å². The molecule has 0 bridgehead atoms. The van der Waals surface area contributed by atoms with Gasteiger partial charge in [0, 0.05) is 6.42 Å². The minimum atomic E-state index is 0.856. The smallest absolute Gasteiger partial charge is 0.130 e. The number of allylic oxidation sites excluding steroid dienone is 1. The molecule has 8 heavy (non-hydrogen) atoms. The van der Waals surface area contributed by atoms with Gasteiger partial charge in [0.2, 0.25) is 0 Å². The molecule has 0 atom stereocenters. The molecule has 2 heteroatoms. The third-order valence-electron chi connectivity index (χ3n) is 1.10. The fourth-order valence-corrected chi connectivity index (χ4v) is 0.746. The predicted molar refractivity (Wildman–Crippen MR) is 30.3 cm³/mol. The van der Waals surface area contributed by atoms with Gasteiger partial charge < -0.3 is 9.47 Å². The van der Waals surface area contributed by atoms with E-state index in [1.807, 2.05) is 0 Å². The molecule has 1 heterocycles. The summed E-state index contributed by atoms with van der Waals surface area (Å²) in [4.78, 5) is 0. The molecule has 0 aromatic heterocycles. The van der Waals surface area contributed by atoms with Gasteiger partial charge in [0.05, 0.1) is 13.7 Å². The molecule has 0 aromatic carbocycles. The van der Waals surface area contributed by atoms with Crippen molar-refractivity contribution in [1.82, 2.24) is 0 Å². The summed E-state index contributed by atoms with van der Waals surface area (Å²) >= 11 is 0. The minimum Gasteiger partial charge on any atom is -0.501 e. The monoisotopic (exact) mass is 114 g/mol.